The number of rotatable bonds is 2. The lowest BCUT2D eigenvalue weighted by atomic mass is 10.5. The fourth-order valence-electron chi connectivity index (χ4n) is 0.540. The number of aromatic nitrogens is 3. The zero-order valence-corrected chi connectivity index (χ0v) is 5.36. The smallest absolute Gasteiger partial charge is 0.137 e. The van der Waals surface area contributed by atoms with Crippen molar-refractivity contribution in [3.63, 3.8) is 0 Å². The molecular weight excluding hydrogens is 114 g/mol. The summed E-state index contributed by atoms with van der Waals surface area (Å²) in [7, 11) is 0. The molecule has 0 aromatic carbocycles. The Kier molecular flexibility index (Phi) is 2.01. The molecule has 9 heavy (non-hydrogen) atoms. The summed E-state index contributed by atoms with van der Waals surface area (Å²) in [6, 6.07) is 0. The highest BCUT2D eigenvalue weighted by molar-refractivity contribution is 4.76. The molecule has 0 aliphatic rings. The molecule has 0 atom stereocenters. The standard InChI is InChI=1S/C6H9N3/c1-2-3-4-9-6-7-5-8-9/h2-3,5-6H,4H2,1H3/b3-2+. The van der Waals surface area contributed by atoms with E-state index < -0.39 is 0 Å². The maximum absolute atomic E-state index is 3.91. The predicted octanol–water partition coefficient (Wildman–Crippen LogP) is 0.854. The third kappa shape index (κ3) is 1.68. The molecule has 3 heteroatoms. The fourth-order valence-corrected chi connectivity index (χ4v) is 0.540. The van der Waals surface area contributed by atoms with Crippen molar-refractivity contribution in [3.8, 4) is 0 Å². The van der Waals surface area contributed by atoms with Gasteiger partial charge in [0.25, 0.3) is 0 Å². The van der Waals surface area contributed by atoms with Crippen molar-refractivity contribution >= 4 is 0 Å². The predicted molar refractivity (Wildman–Crippen MR) is 34.8 cm³/mol. The van der Waals surface area contributed by atoms with Gasteiger partial charge in [0.05, 0.1) is 6.54 Å². The van der Waals surface area contributed by atoms with Crippen molar-refractivity contribution in [2.75, 3.05) is 0 Å². The Morgan fingerprint density at radius 2 is 2.56 bits per heavy atom. The van der Waals surface area contributed by atoms with E-state index in [1.807, 2.05) is 19.1 Å². The van der Waals surface area contributed by atoms with Gasteiger partial charge in [-0.05, 0) is 6.92 Å². The molecule has 0 spiro atoms. The van der Waals surface area contributed by atoms with E-state index in [1.54, 1.807) is 11.0 Å². The second-order valence-corrected chi connectivity index (χ2v) is 1.69. The van der Waals surface area contributed by atoms with E-state index in [4.69, 9.17) is 0 Å². The largest absolute Gasteiger partial charge is 0.249 e. The minimum atomic E-state index is 0.816. The second kappa shape index (κ2) is 3.02. The van der Waals surface area contributed by atoms with Gasteiger partial charge in [0.1, 0.15) is 12.7 Å². The topological polar surface area (TPSA) is 30.7 Å². The van der Waals surface area contributed by atoms with E-state index in [-0.39, 0.29) is 0 Å². The van der Waals surface area contributed by atoms with E-state index >= 15 is 0 Å². The molecule has 1 heterocycles. The average molecular weight is 123 g/mol. The third-order valence-electron chi connectivity index (χ3n) is 0.995. The van der Waals surface area contributed by atoms with Crippen LogP contribution in [0.2, 0.25) is 0 Å². The van der Waals surface area contributed by atoms with Crippen molar-refractivity contribution < 1.29 is 0 Å². The molecule has 0 amide bonds. The Balaban J connectivity index is 2.48. The summed E-state index contributed by atoms with van der Waals surface area (Å²) in [4.78, 5) is 3.79. The van der Waals surface area contributed by atoms with Gasteiger partial charge in [-0.3, -0.25) is 0 Å². The minimum Gasteiger partial charge on any atom is -0.249 e. The van der Waals surface area contributed by atoms with Gasteiger partial charge in [-0.25, -0.2) is 9.67 Å². The van der Waals surface area contributed by atoms with Crippen molar-refractivity contribution in [2.24, 2.45) is 0 Å². The summed E-state index contributed by atoms with van der Waals surface area (Å²) >= 11 is 0. The zero-order valence-electron chi connectivity index (χ0n) is 5.36. The Labute approximate surface area is 54.0 Å². The summed E-state index contributed by atoms with van der Waals surface area (Å²) in [5.74, 6) is 0. The van der Waals surface area contributed by atoms with Crippen LogP contribution in [-0.4, -0.2) is 14.8 Å². The lowest BCUT2D eigenvalue weighted by molar-refractivity contribution is 0.699. The summed E-state index contributed by atoms with van der Waals surface area (Å²) < 4.78 is 1.76. The second-order valence-electron chi connectivity index (χ2n) is 1.69. The molecule has 0 bridgehead atoms. The van der Waals surface area contributed by atoms with Crippen molar-refractivity contribution in [1.82, 2.24) is 14.8 Å². The number of hydrogen-bond acceptors (Lipinski definition) is 2. The lowest BCUT2D eigenvalue weighted by Crippen LogP contribution is -1.93. The SMILES string of the molecule is C/C=C/Cn1cncn1. The quantitative estimate of drug-likeness (QED) is 0.546. The van der Waals surface area contributed by atoms with E-state index in [9.17, 15) is 0 Å². The Morgan fingerprint density at radius 1 is 1.67 bits per heavy atom. The summed E-state index contributed by atoms with van der Waals surface area (Å²) in [6.45, 7) is 2.80. The first-order chi connectivity index (χ1) is 4.43. The molecule has 0 fully saturated rings. The first-order valence-corrected chi connectivity index (χ1v) is 2.87. The van der Waals surface area contributed by atoms with Crippen molar-refractivity contribution in [2.45, 2.75) is 13.5 Å². The molecule has 3 nitrogen and oxygen atoms in total. The molecule has 0 unspecified atom stereocenters. The molecule has 1 rings (SSSR count). The van der Waals surface area contributed by atoms with Gasteiger partial charge >= 0.3 is 0 Å². The van der Waals surface area contributed by atoms with Gasteiger partial charge in [-0.15, -0.1) is 0 Å². The van der Waals surface area contributed by atoms with Crippen LogP contribution in [0.5, 0.6) is 0 Å². The van der Waals surface area contributed by atoms with Crippen molar-refractivity contribution in [3.05, 3.63) is 24.8 Å². The average Bonchev–Trinajstić information content (AvgIpc) is 2.34. The molecule has 48 valence electrons. The number of nitrogens with zero attached hydrogens (tertiary/aromatic N) is 3. The summed E-state index contributed by atoms with van der Waals surface area (Å²) in [5, 5.41) is 3.91. The van der Waals surface area contributed by atoms with E-state index in [1.165, 1.54) is 6.33 Å². The lowest BCUT2D eigenvalue weighted by Gasteiger charge is -1.89. The third-order valence-corrected chi connectivity index (χ3v) is 0.995. The molecule has 0 N–H and O–H groups in total. The number of hydrogen-bond donors (Lipinski definition) is 0. The van der Waals surface area contributed by atoms with E-state index in [0.29, 0.717) is 0 Å². The van der Waals surface area contributed by atoms with Crippen LogP contribution in [0.3, 0.4) is 0 Å². The molecular formula is C6H9N3. The van der Waals surface area contributed by atoms with Crippen LogP contribution in [0.25, 0.3) is 0 Å². The molecule has 0 saturated carbocycles. The molecule has 0 saturated heterocycles. The molecule has 0 radical (unpaired) electrons. The maximum atomic E-state index is 3.91. The van der Waals surface area contributed by atoms with Crippen LogP contribution in [0, 0.1) is 0 Å². The van der Waals surface area contributed by atoms with Crippen LogP contribution < -0.4 is 0 Å². The maximum Gasteiger partial charge on any atom is 0.137 e. The summed E-state index contributed by atoms with van der Waals surface area (Å²) in [6.07, 6.45) is 7.24. The van der Waals surface area contributed by atoms with Gasteiger partial charge < -0.3 is 0 Å². The fraction of sp³-hybridized carbons (Fsp3) is 0.333. The van der Waals surface area contributed by atoms with Gasteiger partial charge in [-0.2, -0.15) is 5.10 Å². The highest BCUT2D eigenvalue weighted by atomic mass is 15.3. The van der Waals surface area contributed by atoms with Gasteiger partial charge in [0.15, 0.2) is 0 Å². The van der Waals surface area contributed by atoms with Gasteiger partial charge in [0.2, 0.25) is 0 Å². The minimum absolute atomic E-state index is 0.816. The highest BCUT2D eigenvalue weighted by Gasteiger charge is 1.81. The Bertz CT molecular complexity index is 176. The van der Waals surface area contributed by atoms with E-state index in [2.05, 4.69) is 10.1 Å². The monoisotopic (exact) mass is 123 g/mol. The van der Waals surface area contributed by atoms with Crippen LogP contribution in [-0.2, 0) is 6.54 Å². The highest BCUT2D eigenvalue weighted by Crippen LogP contribution is 1.80. The van der Waals surface area contributed by atoms with Crippen LogP contribution in [0.1, 0.15) is 6.92 Å². The van der Waals surface area contributed by atoms with Crippen LogP contribution >= 0.6 is 0 Å². The van der Waals surface area contributed by atoms with Crippen LogP contribution in [0.4, 0.5) is 0 Å². The van der Waals surface area contributed by atoms with Crippen molar-refractivity contribution in [1.29, 1.82) is 0 Å². The molecule has 1 aromatic rings. The molecule has 1 aromatic heterocycles. The van der Waals surface area contributed by atoms with Gasteiger partial charge in [-0.1, -0.05) is 12.2 Å². The normalized spacial score (nSPS) is 10.8. The number of allylic oxidation sites excluding steroid dienone is 2. The molecule has 0 aliphatic carbocycles. The molecule has 0 aliphatic heterocycles. The zero-order chi connectivity index (χ0) is 6.53. The first kappa shape index (κ1) is 6.01. The Morgan fingerprint density at radius 3 is 3.11 bits per heavy atom. The van der Waals surface area contributed by atoms with Crippen LogP contribution in [0.15, 0.2) is 24.8 Å². The van der Waals surface area contributed by atoms with Gasteiger partial charge in [0, 0.05) is 0 Å². The summed E-state index contributed by atoms with van der Waals surface area (Å²) in [5.41, 5.74) is 0. The Hall–Kier alpha value is -1.12. The van der Waals surface area contributed by atoms with E-state index in [0.717, 1.165) is 6.54 Å². The first-order valence-electron chi connectivity index (χ1n) is 2.87.